The van der Waals surface area contributed by atoms with Crippen molar-refractivity contribution >= 4 is 17.6 Å². The number of hydrogen-bond acceptors (Lipinski definition) is 5. The van der Waals surface area contributed by atoms with E-state index in [9.17, 15) is 20.3 Å². The van der Waals surface area contributed by atoms with E-state index in [1.807, 2.05) is 12.1 Å². The van der Waals surface area contributed by atoms with E-state index >= 15 is 0 Å². The van der Waals surface area contributed by atoms with Crippen molar-refractivity contribution in [3.8, 4) is 5.75 Å². The van der Waals surface area contributed by atoms with E-state index < -0.39 is 10.5 Å². The lowest BCUT2D eigenvalue weighted by Crippen LogP contribution is -2.57. The minimum atomic E-state index is -0.523. The van der Waals surface area contributed by atoms with E-state index in [-0.39, 0.29) is 22.4 Å². The quantitative estimate of drug-likeness (QED) is 0.484. The Bertz CT molecular complexity index is 984. The Labute approximate surface area is 169 Å². The zero-order chi connectivity index (χ0) is 20.2. The van der Waals surface area contributed by atoms with Crippen LogP contribution in [-0.2, 0) is 5.41 Å². The fourth-order valence-corrected chi connectivity index (χ4v) is 6.35. The maximum Gasteiger partial charge on any atom is 0.270 e. The largest absolute Gasteiger partial charge is 0.872 e. The highest BCUT2D eigenvalue weighted by Crippen LogP contribution is 2.62. The maximum atomic E-state index is 11.9. The molecule has 0 aliphatic heterocycles. The van der Waals surface area contributed by atoms with Gasteiger partial charge in [-0.15, -0.1) is 0 Å². The van der Waals surface area contributed by atoms with E-state index in [0.717, 1.165) is 32.1 Å². The highest BCUT2D eigenvalue weighted by atomic mass is 16.6. The van der Waals surface area contributed by atoms with E-state index in [1.54, 1.807) is 0 Å². The second-order valence-corrected chi connectivity index (χ2v) is 9.25. The lowest BCUT2D eigenvalue weighted by molar-refractivity contribution is -0.385. The second kappa shape index (κ2) is 6.39. The summed E-state index contributed by atoms with van der Waals surface area (Å²) in [6.45, 7) is 0. The molecule has 4 fully saturated rings. The Morgan fingerprint density at radius 2 is 1.76 bits per heavy atom. The van der Waals surface area contributed by atoms with Crippen molar-refractivity contribution in [3.05, 3.63) is 63.7 Å². The van der Waals surface area contributed by atoms with Crippen LogP contribution in [0.4, 0.5) is 11.4 Å². The zero-order valence-corrected chi connectivity index (χ0v) is 16.1. The molecule has 2 aromatic rings. The van der Waals surface area contributed by atoms with Crippen LogP contribution in [0.15, 0.2) is 47.5 Å². The molecule has 6 nitrogen and oxygen atoms in total. The van der Waals surface area contributed by atoms with Crippen LogP contribution in [0.2, 0.25) is 0 Å². The first-order valence-corrected chi connectivity index (χ1v) is 10.2. The van der Waals surface area contributed by atoms with Gasteiger partial charge in [0, 0.05) is 18.3 Å². The molecule has 2 aromatic carbocycles. The van der Waals surface area contributed by atoms with Gasteiger partial charge in [-0.25, -0.2) is 0 Å². The number of hydrogen-bond donors (Lipinski definition) is 1. The van der Waals surface area contributed by atoms with Crippen molar-refractivity contribution in [1.82, 2.24) is 0 Å². The number of rotatable bonds is 4. The fraction of sp³-hybridized carbons (Fsp3) is 0.435. The molecule has 4 atom stereocenters. The number of nitro groups is 1. The summed E-state index contributed by atoms with van der Waals surface area (Å²) in [5, 5.41) is 33.8. The fourth-order valence-electron chi connectivity index (χ4n) is 6.35. The van der Waals surface area contributed by atoms with Gasteiger partial charge in [0.15, 0.2) is 0 Å². The molecule has 0 saturated heterocycles. The Balaban J connectivity index is 1.38. The zero-order valence-electron chi connectivity index (χ0n) is 16.1. The summed E-state index contributed by atoms with van der Waals surface area (Å²) >= 11 is 0. The second-order valence-electron chi connectivity index (χ2n) is 9.25. The molecule has 150 valence electrons. The monoisotopic (exact) mass is 391 g/mol. The van der Waals surface area contributed by atoms with Crippen LogP contribution in [-0.4, -0.2) is 21.8 Å². The van der Waals surface area contributed by atoms with Gasteiger partial charge < -0.3 is 10.2 Å². The first-order valence-electron chi connectivity index (χ1n) is 10.2. The van der Waals surface area contributed by atoms with E-state index in [0.29, 0.717) is 17.5 Å². The highest BCUT2D eigenvalue weighted by Gasteiger charge is 2.57. The molecule has 2 unspecified atom stereocenters. The van der Waals surface area contributed by atoms with Crippen LogP contribution < -0.4 is 5.11 Å². The first kappa shape index (κ1) is 18.3. The standard InChI is InChI=1S/C23H24N2O4/c26-21-6-5-20(25(28)29)8-17(21)13-24-19-3-1-18(2-4-19)22-9-15-7-16(10-22)12-23(27,11-15)14-22/h1-6,8,13,15-16,26-27H,7,9-12,14H2/p-1/t15-,16+,22?,23?. The van der Waals surface area contributed by atoms with Crippen molar-refractivity contribution in [3.63, 3.8) is 0 Å². The molecule has 1 N–H and O–H groups in total. The average Bonchev–Trinajstić information content (AvgIpc) is 2.65. The van der Waals surface area contributed by atoms with Gasteiger partial charge in [0.1, 0.15) is 0 Å². The van der Waals surface area contributed by atoms with Crippen LogP contribution in [0.1, 0.15) is 49.7 Å². The van der Waals surface area contributed by atoms with E-state index in [1.165, 1.54) is 36.4 Å². The summed E-state index contributed by atoms with van der Waals surface area (Å²) in [4.78, 5) is 14.7. The van der Waals surface area contributed by atoms with Gasteiger partial charge in [0.2, 0.25) is 0 Å². The SMILES string of the molecule is O=[N+]([O-])c1ccc([O-])c(C=Nc2ccc(C34C[C@@H]5C[C@@H](CC(O)(C5)C3)C4)cc2)c1. The molecule has 0 heterocycles. The maximum absolute atomic E-state index is 11.9. The minimum Gasteiger partial charge on any atom is -0.872 e. The lowest BCUT2D eigenvalue weighted by atomic mass is 9.46. The van der Waals surface area contributed by atoms with Gasteiger partial charge in [-0.3, -0.25) is 15.1 Å². The van der Waals surface area contributed by atoms with Crippen LogP contribution in [0.5, 0.6) is 5.75 Å². The number of aliphatic hydroxyl groups is 1. The first-order chi connectivity index (χ1) is 13.8. The molecule has 0 spiro atoms. The number of non-ortho nitro benzene ring substituents is 1. The van der Waals surface area contributed by atoms with Crippen LogP contribution >= 0.6 is 0 Å². The molecule has 6 rings (SSSR count). The van der Waals surface area contributed by atoms with Gasteiger partial charge in [-0.05, 0) is 79.0 Å². The van der Waals surface area contributed by atoms with Gasteiger partial charge in [-0.2, -0.15) is 0 Å². The number of benzene rings is 2. The molecule has 4 aliphatic carbocycles. The molecule has 4 aliphatic rings. The van der Waals surface area contributed by atoms with Crippen molar-refractivity contribution in [2.24, 2.45) is 16.8 Å². The molecule has 0 amide bonds. The van der Waals surface area contributed by atoms with Crippen LogP contribution in [0.25, 0.3) is 0 Å². The summed E-state index contributed by atoms with van der Waals surface area (Å²) in [5.41, 5.74) is 1.62. The molecular formula is C23H23N2O4-. The summed E-state index contributed by atoms with van der Waals surface area (Å²) in [5.74, 6) is 0.962. The predicted molar refractivity (Wildman–Crippen MR) is 108 cm³/mol. The normalized spacial score (nSPS) is 32.7. The van der Waals surface area contributed by atoms with Gasteiger partial charge in [0.05, 0.1) is 16.2 Å². The Morgan fingerprint density at radius 1 is 1.07 bits per heavy atom. The Morgan fingerprint density at radius 3 is 2.38 bits per heavy atom. The van der Waals surface area contributed by atoms with Gasteiger partial charge in [0.25, 0.3) is 5.69 Å². The van der Waals surface area contributed by atoms with Crippen molar-refractivity contribution in [2.75, 3.05) is 0 Å². The van der Waals surface area contributed by atoms with E-state index in [2.05, 4.69) is 17.1 Å². The Kier molecular flexibility index (Phi) is 4.03. The molecule has 0 aromatic heterocycles. The summed E-state index contributed by atoms with van der Waals surface area (Å²) < 4.78 is 0. The number of aliphatic imine (C=N–C) groups is 1. The number of nitrogens with zero attached hydrogens (tertiary/aromatic N) is 2. The summed E-state index contributed by atoms with van der Waals surface area (Å²) in [6.07, 6.45) is 7.71. The number of nitro benzene ring substituents is 1. The molecule has 29 heavy (non-hydrogen) atoms. The van der Waals surface area contributed by atoms with Crippen molar-refractivity contribution in [1.29, 1.82) is 0 Å². The van der Waals surface area contributed by atoms with Crippen LogP contribution in [0.3, 0.4) is 0 Å². The Hall–Kier alpha value is -2.73. The third-order valence-corrected chi connectivity index (χ3v) is 7.07. The predicted octanol–water partition coefficient (Wildman–Crippen LogP) is 4.00. The summed E-state index contributed by atoms with van der Waals surface area (Å²) in [7, 11) is 0. The lowest BCUT2D eigenvalue weighted by Gasteiger charge is -2.60. The van der Waals surface area contributed by atoms with Crippen LogP contribution in [0, 0.1) is 22.0 Å². The smallest absolute Gasteiger partial charge is 0.270 e. The van der Waals surface area contributed by atoms with Crippen molar-refractivity contribution < 1.29 is 15.1 Å². The molecule has 4 saturated carbocycles. The topological polar surface area (TPSA) is 98.8 Å². The molecule has 0 radical (unpaired) electrons. The highest BCUT2D eigenvalue weighted by molar-refractivity contribution is 5.86. The minimum absolute atomic E-state index is 0.0727. The molecular weight excluding hydrogens is 368 g/mol. The van der Waals surface area contributed by atoms with E-state index in [4.69, 9.17) is 0 Å². The van der Waals surface area contributed by atoms with Crippen molar-refractivity contribution in [2.45, 2.75) is 49.5 Å². The third kappa shape index (κ3) is 3.21. The summed E-state index contributed by atoms with van der Waals surface area (Å²) in [6, 6.07) is 11.7. The molecule has 4 bridgehead atoms. The average molecular weight is 391 g/mol. The molecule has 6 heteroatoms. The van der Waals surface area contributed by atoms with Gasteiger partial charge >= 0.3 is 0 Å². The van der Waals surface area contributed by atoms with Gasteiger partial charge in [-0.1, -0.05) is 23.9 Å². The third-order valence-electron chi connectivity index (χ3n) is 7.07.